The Morgan fingerprint density at radius 1 is 1.42 bits per heavy atom. The van der Waals surface area contributed by atoms with Crippen molar-refractivity contribution in [1.82, 2.24) is 9.88 Å². The number of amides is 1. The molecule has 19 heavy (non-hydrogen) atoms. The summed E-state index contributed by atoms with van der Waals surface area (Å²) < 4.78 is 5.45. The van der Waals surface area contributed by atoms with E-state index in [4.69, 9.17) is 9.84 Å². The van der Waals surface area contributed by atoms with Crippen LogP contribution in [-0.2, 0) is 4.74 Å². The Morgan fingerprint density at radius 3 is 2.74 bits per heavy atom. The molecule has 1 fully saturated rings. The number of carbonyl (C=O) groups is 1. The molecule has 1 aliphatic rings. The van der Waals surface area contributed by atoms with Crippen molar-refractivity contribution in [3.63, 3.8) is 0 Å². The van der Waals surface area contributed by atoms with Crippen molar-refractivity contribution in [1.29, 1.82) is 0 Å². The number of rotatable bonds is 4. The molecule has 0 aliphatic carbocycles. The molecule has 1 amide bonds. The molecule has 2 rings (SSSR count). The van der Waals surface area contributed by atoms with E-state index in [0.717, 1.165) is 12.8 Å². The Morgan fingerprint density at radius 2 is 2.16 bits per heavy atom. The van der Waals surface area contributed by atoms with Gasteiger partial charge >= 0.3 is 0 Å². The van der Waals surface area contributed by atoms with E-state index in [1.54, 1.807) is 4.90 Å². The van der Waals surface area contributed by atoms with Gasteiger partial charge in [-0.05, 0) is 18.9 Å². The Kier molecular flexibility index (Phi) is 4.70. The van der Waals surface area contributed by atoms with Crippen LogP contribution in [0.3, 0.4) is 0 Å². The van der Waals surface area contributed by atoms with Gasteiger partial charge in [-0.25, -0.2) is 0 Å². The minimum atomic E-state index is -0.215. The van der Waals surface area contributed by atoms with Crippen LogP contribution in [0.1, 0.15) is 23.2 Å². The van der Waals surface area contributed by atoms with Gasteiger partial charge in [-0.3, -0.25) is 9.59 Å². The summed E-state index contributed by atoms with van der Waals surface area (Å²) in [6.45, 7) is 1.64. The summed E-state index contributed by atoms with van der Waals surface area (Å²) in [4.78, 5) is 27.4. The van der Waals surface area contributed by atoms with Crippen molar-refractivity contribution in [2.45, 2.75) is 18.9 Å². The lowest BCUT2D eigenvalue weighted by atomic mass is 10.1. The highest BCUT2D eigenvalue weighted by molar-refractivity contribution is 5.93. The predicted octanol–water partition coefficient (Wildman–Crippen LogP) is -0.0116. The fraction of sp³-hybridized carbons (Fsp3) is 0.538. The number of likely N-dealkylation sites (tertiary alicyclic amines) is 1. The van der Waals surface area contributed by atoms with Gasteiger partial charge in [-0.15, -0.1) is 0 Å². The fourth-order valence-corrected chi connectivity index (χ4v) is 2.17. The lowest BCUT2D eigenvalue weighted by molar-refractivity contribution is -0.00554. The second-order valence-corrected chi connectivity index (χ2v) is 4.53. The number of aromatic amines is 1. The van der Waals surface area contributed by atoms with Crippen molar-refractivity contribution in [3.8, 4) is 0 Å². The quantitative estimate of drug-likeness (QED) is 0.803. The number of hydrogen-bond donors (Lipinski definition) is 2. The van der Waals surface area contributed by atoms with E-state index < -0.39 is 0 Å². The largest absolute Gasteiger partial charge is 0.394 e. The van der Waals surface area contributed by atoms with Crippen LogP contribution in [0.5, 0.6) is 0 Å². The number of nitrogens with one attached hydrogen (secondary N) is 1. The molecule has 1 aromatic heterocycles. The first-order valence-corrected chi connectivity index (χ1v) is 6.41. The predicted molar refractivity (Wildman–Crippen MR) is 69.0 cm³/mol. The van der Waals surface area contributed by atoms with Crippen LogP contribution in [0.4, 0.5) is 0 Å². The third kappa shape index (κ3) is 3.65. The second-order valence-electron chi connectivity index (χ2n) is 4.53. The van der Waals surface area contributed by atoms with Crippen LogP contribution in [0, 0.1) is 0 Å². The number of H-pyrrole nitrogens is 1. The van der Waals surface area contributed by atoms with Gasteiger partial charge in [-0.1, -0.05) is 0 Å². The average molecular weight is 266 g/mol. The van der Waals surface area contributed by atoms with Gasteiger partial charge in [0.15, 0.2) is 0 Å². The van der Waals surface area contributed by atoms with Crippen LogP contribution < -0.4 is 5.56 Å². The van der Waals surface area contributed by atoms with E-state index >= 15 is 0 Å². The minimum Gasteiger partial charge on any atom is -0.394 e. The van der Waals surface area contributed by atoms with Crippen LogP contribution >= 0.6 is 0 Å². The summed E-state index contributed by atoms with van der Waals surface area (Å²) in [5, 5.41) is 8.69. The maximum absolute atomic E-state index is 12.2. The van der Waals surface area contributed by atoms with Crippen LogP contribution in [-0.4, -0.2) is 53.3 Å². The van der Waals surface area contributed by atoms with Gasteiger partial charge in [0.05, 0.1) is 24.9 Å². The fourth-order valence-electron chi connectivity index (χ4n) is 2.17. The van der Waals surface area contributed by atoms with E-state index in [1.807, 2.05) is 0 Å². The lowest BCUT2D eigenvalue weighted by Gasteiger charge is -2.31. The minimum absolute atomic E-state index is 0.0243. The van der Waals surface area contributed by atoms with Crippen molar-refractivity contribution < 1.29 is 14.6 Å². The van der Waals surface area contributed by atoms with Crippen LogP contribution in [0.15, 0.2) is 23.1 Å². The molecule has 0 spiro atoms. The average Bonchev–Trinajstić information content (AvgIpc) is 2.46. The first-order chi connectivity index (χ1) is 9.20. The van der Waals surface area contributed by atoms with Crippen molar-refractivity contribution in [2.24, 2.45) is 0 Å². The highest BCUT2D eigenvalue weighted by Crippen LogP contribution is 2.15. The number of carbonyl (C=O) groups excluding carboxylic acids is 1. The molecule has 0 radical (unpaired) electrons. The lowest BCUT2D eigenvalue weighted by Crippen LogP contribution is -2.41. The molecule has 1 aliphatic heterocycles. The number of hydrogen-bond acceptors (Lipinski definition) is 4. The number of ether oxygens (including phenoxy) is 1. The maximum Gasteiger partial charge on any atom is 0.255 e. The molecular weight excluding hydrogens is 248 g/mol. The molecular formula is C13H18N2O4. The van der Waals surface area contributed by atoms with Crippen LogP contribution in [0.2, 0.25) is 0 Å². The summed E-state index contributed by atoms with van der Waals surface area (Å²) in [5.41, 5.74) is 0.280. The molecule has 2 N–H and O–H groups in total. The molecule has 0 aromatic carbocycles. The third-order valence-electron chi connectivity index (χ3n) is 3.21. The Hall–Kier alpha value is -1.66. The molecule has 6 heteroatoms. The highest BCUT2D eigenvalue weighted by Gasteiger charge is 2.23. The molecule has 6 nitrogen and oxygen atoms in total. The number of piperidine rings is 1. The zero-order valence-electron chi connectivity index (χ0n) is 10.7. The Labute approximate surface area is 111 Å². The topological polar surface area (TPSA) is 82.6 Å². The summed E-state index contributed by atoms with van der Waals surface area (Å²) in [7, 11) is 0. The molecule has 0 unspecified atom stereocenters. The summed E-state index contributed by atoms with van der Waals surface area (Å²) in [6, 6.07) is 2.89. The molecule has 0 bridgehead atoms. The van der Waals surface area contributed by atoms with Gasteiger partial charge < -0.3 is 19.7 Å². The summed E-state index contributed by atoms with van der Waals surface area (Å²) in [5.74, 6) is -0.0724. The molecule has 1 saturated heterocycles. The first kappa shape index (κ1) is 13.8. The number of aliphatic hydroxyl groups excluding tert-OH is 1. The van der Waals surface area contributed by atoms with Crippen molar-refractivity contribution in [2.75, 3.05) is 26.3 Å². The standard InChI is InChI=1S/C13H18N2O4/c16-7-8-19-11-3-5-15(6-4-11)13(18)10-1-2-12(17)14-9-10/h1-2,9,11,16H,3-8H2,(H,14,17). The second kappa shape index (κ2) is 6.49. The van der Waals surface area contributed by atoms with Gasteiger partial charge in [0, 0.05) is 25.4 Å². The molecule has 104 valence electrons. The maximum atomic E-state index is 12.2. The van der Waals surface area contributed by atoms with Crippen molar-refractivity contribution in [3.05, 3.63) is 34.2 Å². The van der Waals surface area contributed by atoms with Crippen LogP contribution in [0.25, 0.3) is 0 Å². The van der Waals surface area contributed by atoms with Gasteiger partial charge in [-0.2, -0.15) is 0 Å². The third-order valence-corrected chi connectivity index (χ3v) is 3.21. The van der Waals surface area contributed by atoms with E-state index in [9.17, 15) is 9.59 Å². The van der Waals surface area contributed by atoms with Gasteiger partial charge in [0.2, 0.25) is 5.56 Å². The van der Waals surface area contributed by atoms with Crippen molar-refractivity contribution >= 4 is 5.91 Å². The Bertz CT molecular complexity index is 457. The number of aliphatic hydroxyl groups is 1. The summed E-state index contributed by atoms with van der Waals surface area (Å²) in [6.07, 6.45) is 3.11. The molecule has 0 saturated carbocycles. The van der Waals surface area contributed by atoms with Gasteiger partial charge in [0.1, 0.15) is 0 Å². The molecule has 1 aromatic rings. The smallest absolute Gasteiger partial charge is 0.255 e. The summed E-state index contributed by atoms with van der Waals surface area (Å²) >= 11 is 0. The normalized spacial score (nSPS) is 16.6. The van der Waals surface area contributed by atoms with E-state index in [2.05, 4.69) is 4.98 Å². The number of aromatic nitrogens is 1. The molecule has 2 heterocycles. The van der Waals surface area contributed by atoms with E-state index in [1.165, 1.54) is 18.3 Å². The number of nitrogens with zero attached hydrogens (tertiary/aromatic N) is 1. The van der Waals surface area contributed by atoms with Gasteiger partial charge in [0.25, 0.3) is 5.91 Å². The highest BCUT2D eigenvalue weighted by atomic mass is 16.5. The zero-order valence-corrected chi connectivity index (χ0v) is 10.7. The monoisotopic (exact) mass is 266 g/mol. The first-order valence-electron chi connectivity index (χ1n) is 6.41. The SMILES string of the molecule is O=C(c1ccc(=O)[nH]c1)N1CCC(OCCO)CC1. The Balaban J connectivity index is 1.88. The van der Waals surface area contributed by atoms with E-state index in [0.29, 0.717) is 25.3 Å². The zero-order chi connectivity index (χ0) is 13.7. The number of pyridine rings is 1. The van der Waals surface area contributed by atoms with E-state index in [-0.39, 0.29) is 24.2 Å². The molecule has 0 atom stereocenters.